The topological polar surface area (TPSA) is 66.4 Å². The Morgan fingerprint density at radius 1 is 1.19 bits per heavy atom. The highest BCUT2D eigenvalue weighted by molar-refractivity contribution is 14.1. The number of anilines is 1. The van der Waals surface area contributed by atoms with E-state index in [0.717, 1.165) is 15.7 Å². The number of aliphatic hydroxyl groups is 1. The Kier molecular flexibility index (Phi) is 4.79. The molecule has 0 atom stereocenters. The maximum absolute atomic E-state index is 13.7. The zero-order chi connectivity index (χ0) is 15.6. The van der Waals surface area contributed by atoms with Gasteiger partial charge in [-0.1, -0.05) is 6.07 Å². The minimum Gasteiger partial charge on any atom is -0.392 e. The molecule has 112 valence electrons. The fourth-order valence-electron chi connectivity index (χ4n) is 1.67. The van der Waals surface area contributed by atoms with Crippen LogP contribution in [0.4, 0.5) is 14.5 Å². The summed E-state index contributed by atoms with van der Waals surface area (Å²) in [5, 5.41) is 8.96. The van der Waals surface area contributed by atoms with E-state index in [9.17, 15) is 17.2 Å². The molecule has 0 unspecified atom stereocenters. The van der Waals surface area contributed by atoms with Crippen molar-refractivity contribution in [2.75, 3.05) is 4.72 Å². The molecule has 0 saturated carbocycles. The van der Waals surface area contributed by atoms with Gasteiger partial charge in [-0.25, -0.2) is 17.2 Å². The molecule has 0 aliphatic heterocycles. The standard InChI is InChI=1S/C13H10F2INO3S/c14-11-4-8(7-18)5-12(13(11)15)21(19,20)17-10-3-1-2-9(16)6-10/h1-6,17-18H,7H2. The largest absolute Gasteiger partial charge is 0.392 e. The lowest BCUT2D eigenvalue weighted by atomic mass is 10.2. The fraction of sp³-hybridized carbons (Fsp3) is 0.0769. The molecule has 0 fully saturated rings. The lowest BCUT2D eigenvalue weighted by Crippen LogP contribution is -2.16. The van der Waals surface area contributed by atoms with E-state index in [0.29, 0.717) is 0 Å². The summed E-state index contributed by atoms with van der Waals surface area (Å²) in [6.07, 6.45) is 0. The maximum atomic E-state index is 13.7. The molecule has 0 aromatic heterocycles. The lowest BCUT2D eigenvalue weighted by Gasteiger charge is -2.11. The summed E-state index contributed by atoms with van der Waals surface area (Å²) in [4.78, 5) is -0.842. The second kappa shape index (κ2) is 6.24. The Bertz CT molecular complexity index is 781. The van der Waals surface area contributed by atoms with Crippen molar-refractivity contribution in [3.63, 3.8) is 0 Å². The van der Waals surface area contributed by atoms with Crippen LogP contribution in [-0.4, -0.2) is 13.5 Å². The van der Waals surface area contributed by atoms with E-state index >= 15 is 0 Å². The summed E-state index contributed by atoms with van der Waals surface area (Å²) in [6.45, 7) is -0.594. The average molecular weight is 425 g/mol. The molecule has 0 aliphatic carbocycles. The minimum atomic E-state index is -4.30. The molecule has 0 heterocycles. The molecule has 0 spiro atoms. The summed E-state index contributed by atoms with van der Waals surface area (Å²) in [7, 11) is -4.30. The molecule has 21 heavy (non-hydrogen) atoms. The zero-order valence-corrected chi connectivity index (χ0v) is 13.5. The van der Waals surface area contributed by atoms with Gasteiger partial charge < -0.3 is 5.11 Å². The van der Waals surface area contributed by atoms with Crippen LogP contribution in [0.5, 0.6) is 0 Å². The highest BCUT2D eigenvalue weighted by atomic mass is 127. The molecule has 0 saturated heterocycles. The molecule has 2 aromatic rings. The molecule has 2 rings (SSSR count). The smallest absolute Gasteiger partial charge is 0.264 e. The van der Waals surface area contributed by atoms with E-state index in [1.807, 2.05) is 22.6 Å². The Morgan fingerprint density at radius 3 is 2.52 bits per heavy atom. The number of rotatable bonds is 4. The molecule has 0 radical (unpaired) electrons. The second-order valence-electron chi connectivity index (χ2n) is 4.16. The molecule has 2 N–H and O–H groups in total. The quantitative estimate of drug-likeness (QED) is 0.741. The predicted molar refractivity (Wildman–Crippen MR) is 82.2 cm³/mol. The van der Waals surface area contributed by atoms with Gasteiger partial charge in [0.05, 0.1) is 6.61 Å². The number of sulfonamides is 1. The van der Waals surface area contributed by atoms with Gasteiger partial charge in [0.2, 0.25) is 0 Å². The van der Waals surface area contributed by atoms with Gasteiger partial charge in [-0.05, 0) is 58.5 Å². The first kappa shape index (κ1) is 16.1. The first-order chi connectivity index (χ1) is 9.83. The predicted octanol–water partition coefficient (Wildman–Crippen LogP) is 2.86. The van der Waals surface area contributed by atoms with E-state index < -0.39 is 33.2 Å². The van der Waals surface area contributed by atoms with Crippen molar-refractivity contribution in [1.29, 1.82) is 0 Å². The van der Waals surface area contributed by atoms with Crippen molar-refractivity contribution in [2.45, 2.75) is 11.5 Å². The van der Waals surface area contributed by atoms with Crippen molar-refractivity contribution in [1.82, 2.24) is 0 Å². The monoisotopic (exact) mass is 425 g/mol. The third-order valence-electron chi connectivity index (χ3n) is 2.60. The first-order valence-electron chi connectivity index (χ1n) is 5.70. The van der Waals surface area contributed by atoms with Crippen molar-refractivity contribution in [3.05, 3.63) is 57.2 Å². The van der Waals surface area contributed by atoms with Gasteiger partial charge >= 0.3 is 0 Å². The molecule has 0 bridgehead atoms. The Labute approximate surface area is 134 Å². The van der Waals surface area contributed by atoms with Crippen LogP contribution >= 0.6 is 22.6 Å². The van der Waals surface area contributed by atoms with Gasteiger partial charge in [-0.2, -0.15) is 0 Å². The highest BCUT2D eigenvalue weighted by Gasteiger charge is 2.23. The van der Waals surface area contributed by atoms with Crippen LogP contribution in [0.1, 0.15) is 5.56 Å². The molecule has 0 amide bonds. The fourth-order valence-corrected chi connectivity index (χ4v) is 3.40. The van der Waals surface area contributed by atoms with E-state index in [4.69, 9.17) is 5.11 Å². The maximum Gasteiger partial charge on any atom is 0.264 e. The number of hydrogen-bond acceptors (Lipinski definition) is 3. The van der Waals surface area contributed by atoms with Crippen LogP contribution in [0, 0.1) is 15.2 Å². The van der Waals surface area contributed by atoms with Crippen molar-refractivity contribution >= 4 is 38.3 Å². The molecule has 2 aromatic carbocycles. The van der Waals surface area contributed by atoms with Gasteiger partial charge in [-0.3, -0.25) is 4.72 Å². The Balaban J connectivity index is 2.47. The van der Waals surface area contributed by atoms with E-state index in [1.54, 1.807) is 18.2 Å². The summed E-state index contributed by atoms with van der Waals surface area (Å²) >= 11 is 1.99. The molecule has 0 aliphatic rings. The number of nitrogens with one attached hydrogen (secondary N) is 1. The zero-order valence-electron chi connectivity index (χ0n) is 10.5. The highest BCUT2D eigenvalue weighted by Crippen LogP contribution is 2.23. The lowest BCUT2D eigenvalue weighted by molar-refractivity contribution is 0.280. The van der Waals surface area contributed by atoms with Crippen LogP contribution in [-0.2, 0) is 16.6 Å². The van der Waals surface area contributed by atoms with E-state index in [-0.39, 0.29) is 11.3 Å². The Hall–Kier alpha value is -1.26. The van der Waals surface area contributed by atoms with Crippen molar-refractivity contribution in [3.8, 4) is 0 Å². The van der Waals surface area contributed by atoms with Crippen LogP contribution in [0.25, 0.3) is 0 Å². The number of aliphatic hydroxyl groups excluding tert-OH is 1. The third-order valence-corrected chi connectivity index (χ3v) is 4.66. The molecule has 4 nitrogen and oxygen atoms in total. The first-order valence-corrected chi connectivity index (χ1v) is 8.27. The van der Waals surface area contributed by atoms with Gasteiger partial charge in [0.15, 0.2) is 11.6 Å². The number of hydrogen-bond donors (Lipinski definition) is 2. The van der Waals surface area contributed by atoms with Gasteiger partial charge in [0, 0.05) is 9.26 Å². The normalized spacial score (nSPS) is 11.4. The molecular weight excluding hydrogens is 415 g/mol. The molecular formula is C13H10F2INO3S. The van der Waals surface area contributed by atoms with E-state index in [1.165, 1.54) is 6.07 Å². The van der Waals surface area contributed by atoms with Gasteiger partial charge in [0.25, 0.3) is 10.0 Å². The third kappa shape index (κ3) is 3.69. The summed E-state index contributed by atoms with van der Waals surface area (Å²) < 4.78 is 54.4. The summed E-state index contributed by atoms with van der Waals surface area (Å²) in [5.41, 5.74) is 0.202. The second-order valence-corrected chi connectivity index (χ2v) is 7.06. The van der Waals surface area contributed by atoms with Crippen LogP contribution in [0.2, 0.25) is 0 Å². The van der Waals surface area contributed by atoms with Crippen LogP contribution in [0.15, 0.2) is 41.3 Å². The Morgan fingerprint density at radius 2 is 1.90 bits per heavy atom. The van der Waals surface area contributed by atoms with Crippen LogP contribution < -0.4 is 4.72 Å². The summed E-state index contributed by atoms with van der Waals surface area (Å²) in [5.74, 6) is -2.81. The number of halogens is 3. The van der Waals surface area contributed by atoms with Crippen molar-refractivity contribution < 1.29 is 22.3 Å². The SMILES string of the molecule is O=S(=O)(Nc1cccc(I)c1)c1cc(CO)cc(F)c1F. The van der Waals surface area contributed by atoms with Gasteiger partial charge in [0.1, 0.15) is 4.90 Å². The van der Waals surface area contributed by atoms with E-state index in [2.05, 4.69) is 4.72 Å². The average Bonchev–Trinajstić information content (AvgIpc) is 2.41. The molecule has 8 heteroatoms. The van der Waals surface area contributed by atoms with Gasteiger partial charge in [-0.15, -0.1) is 0 Å². The number of benzene rings is 2. The minimum absolute atomic E-state index is 0.0306. The summed E-state index contributed by atoms with van der Waals surface area (Å²) in [6, 6.07) is 8.06. The van der Waals surface area contributed by atoms with Crippen molar-refractivity contribution in [2.24, 2.45) is 0 Å². The van der Waals surface area contributed by atoms with Crippen LogP contribution in [0.3, 0.4) is 0 Å².